The second-order valence-corrected chi connectivity index (χ2v) is 6.12. The molecule has 0 bridgehead atoms. The minimum Gasteiger partial charge on any atom is -0.503 e. The summed E-state index contributed by atoms with van der Waals surface area (Å²) >= 11 is 0. The Bertz CT molecular complexity index is 885. The van der Waals surface area contributed by atoms with Crippen molar-refractivity contribution in [2.24, 2.45) is 20.0 Å². The van der Waals surface area contributed by atoms with E-state index in [9.17, 15) is 19.5 Å². The number of anilines is 1. The van der Waals surface area contributed by atoms with Crippen LogP contribution in [-0.2, 0) is 30.2 Å². The zero-order valence-electron chi connectivity index (χ0n) is 14.0. The summed E-state index contributed by atoms with van der Waals surface area (Å²) in [6.07, 6.45) is 4.75. The van der Waals surface area contributed by atoms with Gasteiger partial charge in [-0.25, -0.2) is 0 Å². The van der Waals surface area contributed by atoms with Crippen molar-refractivity contribution in [2.75, 3.05) is 11.4 Å². The third kappa shape index (κ3) is 3.39. The summed E-state index contributed by atoms with van der Waals surface area (Å²) in [6, 6.07) is 1.28. The fraction of sp³-hybridized carbons (Fsp3) is 0.375. The van der Waals surface area contributed by atoms with Gasteiger partial charge in [0.05, 0.1) is 24.3 Å². The van der Waals surface area contributed by atoms with Gasteiger partial charge < -0.3 is 19.9 Å². The number of aryl methyl sites for hydroxylation is 2. The van der Waals surface area contributed by atoms with Crippen LogP contribution in [0, 0.1) is 5.92 Å². The van der Waals surface area contributed by atoms with Crippen molar-refractivity contribution in [3.8, 4) is 5.75 Å². The number of nitrogens with zero attached hydrogens (tertiary/aromatic N) is 4. The van der Waals surface area contributed by atoms with Crippen molar-refractivity contribution in [3.05, 3.63) is 40.6 Å². The number of hydrogen-bond acceptors (Lipinski definition) is 5. The Balaban J connectivity index is 1.64. The van der Waals surface area contributed by atoms with E-state index in [0.29, 0.717) is 17.9 Å². The third-order valence-electron chi connectivity index (χ3n) is 4.26. The maximum atomic E-state index is 12.4. The molecule has 9 heteroatoms. The number of carbonyl (C=O) groups excluding carboxylic acids is 2. The molecule has 2 aromatic heterocycles. The number of carbonyl (C=O) groups is 2. The fourth-order valence-corrected chi connectivity index (χ4v) is 2.84. The highest BCUT2D eigenvalue weighted by atomic mass is 16.3. The van der Waals surface area contributed by atoms with E-state index in [1.165, 1.54) is 12.3 Å². The van der Waals surface area contributed by atoms with E-state index in [1.54, 1.807) is 40.6 Å². The summed E-state index contributed by atoms with van der Waals surface area (Å²) in [4.78, 5) is 37.6. The van der Waals surface area contributed by atoms with Crippen LogP contribution in [0.2, 0.25) is 0 Å². The molecule has 2 N–H and O–H groups in total. The van der Waals surface area contributed by atoms with Gasteiger partial charge in [0.1, 0.15) is 0 Å². The summed E-state index contributed by atoms with van der Waals surface area (Å²) < 4.78 is 3.17. The van der Waals surface area contributed by atoms with Crippen LogP contribution >= 0.6 is 0 Å². The first-order chi connectivity index (χ1) is 11.8. The standard InChI is InChI=1S/C16H19N5O4/c1-19-9-14(23)13(22)4-11(19)5-17-16(25)10-3-15(24)21(7-10)12-6-18-20(2)8-12/h4,6,8-10,23H,3,5,7H2,1-2H3,(H,17,25). The molecule has 0 spiro atoms. The van der Waals surface area contributed by atoms with Gasteiger partial charge in [0.25, 0.3) is 0 Å². The van der Waals surface area contributed by atoms with Crippen molar-refractivity contribution < 1.29 is 14.7 Å². The summed E-state index contributed by atoms with van der Waals surface area (Å²) in [6.45, 7) is 0.438. The number of pyridine rings is 1. The molecule has 0 aliphatic carbocycles. The van der Waals surface area contributed by atoms with Gasteiger partial charge >= 0.3 is 0 Å². The summed E-state index contributed by atoms with van der Waals surface area (Å²) in [5.41, 5.74) is 0.731. The SMILES string of the molecule is Cn1cc(N2CC(C(=O)NCc3cc(=O)c(O)cn3C)CC2=O)cn1. The minimum absolute atomic E-state index is 0.120. The molecular weight excluding hydrogens is 326 g/mol. The van der Waals surface area contributed by atoms with Crippen molar-refractivity contribution >= 4 is 17.5 Å². The maximum Gasteiger partial charge on any atom is 0.227 e. The van der Waals surface area contributed by atoms with E-state index in [4.69, 9.17) is 0 Å². The molecule has 0 aromatic carbocycles. The molecule has 25 heavy (non-hydrogen) atoms. The molecule has 1 saturated heterocycles. The predicted molar refractivity (Wildman–Crippen MR) is 88.9 cm³/mol. The lowest BCUT2D eigenvalue weighted by atomic mass is 10.1. The molecule has 0 saturated carbocycles. The molecule has 0 radical (unpaired) electrons. The normalized spacial score (nSPS) is 17.1. The second kappa shape index (κ2) is 6.42. The van der Waals surface area contributed by atoms with Crippen LogP contribution in [0.5, 0.6) is 5.75 Å². The summed E-state index contributed by atoms with van der Waals surface area (Å²) in [5.74, 6) is -1.17. The number of aromatic hydroxyl groups is 1. The van der Waals surface area contributed by atoms with Gasteiger partial charge in [-0.3, -0.25) is 19.1 Å². The van der Waals surface area contributed by atoms with Crippen LogP contribution in [0.15, 0.2) is 29.5 Å². The first kappa shape index (κ1) is 16.7. The number of hydrogen-bond donors (Lipinski definition) is 2. The Morgan fingerprint density at radius 3 is 2.80 bits per heavy atom. The van der Waals surface area contributed by atoms with E-state index in [0.717, 1.165) is 0 Å². The van der Waals surface area contributed by atoms with E-state index >= 15 is 0 Å². The first-order valence-corrected chi connectivity index (χ1v) is 7.80. The Morgan fingerprint density at radius 1 is 1.36 bits per heavy atom. The smallest absolute Gasteiger partial charge is 0.227 e. The third-order valence-corrected chi connectivity index (χ3v) is 4.26. The molecule has 2 amide bonds. The first-order valence-electron chi connectivity index (χ1n) is 7.80. The number of aromatic nitrogens is 3. The average molecular weight is 345 g/mol. The Hall–Kier alpha value is -3.10. The maximum absolute atomic E-state index is 12.4. The van der Waals surface area contributed by atoms with Gasteiger partial charge in [-0.15, -0.1) is 0 Å². The van der Waals surface area contributed by atoms with Crippen LogP contribution in [0.1, 0.15) is 12.1 Å². The van der Waals surface area contributed by atoms with Crippen LogP contribution in [0.3, 0.4) is 0 Å². The van der Waals surface area contributed by atoms with E-state index in [-0.39, 0.29) is 30.5 Å². The summed E-state index contributed by atoms with van der Waals surface area (Å²) in [7, 11) is 3.43. The van der Waals surface area contributed by atoms with Gasteiger partial charge in [-0.1, -0.05) is 0 Å². The molecule has 3 heterocycles. The molecule has 3 rings (SSSR count). The van der Waals surface area contributed by atoms with Crippen molar-refractivity contribution in [2.45, 2.75) is 13.0 Å². The van der Waals surface area contributed by atoms with Crippen LogP contribution in [-0.4, -0.2) is 37.8 Å². The average Bonchev–Trinajstić information content (AvgIpc) is 3.15. The van der Waals surface area contributed by atoms with E-state index in [2.05, 4.69) is 10.4 Å². The van der Waals surface area contributed by atoms with Crippen molar-refractivity contribution in [3.63, 3.8) is 0 Å². The lowest BCUT2D eigenvalue weighted by Gasteiger charge is -2.15. The topological polar surface area (TPSA) is 109 Å². The van der Waals surface area contributed by atoms with Crippen LogP contribution < -0.4 is 15.6 Å². The molecule has 132 valence electrons. The van der Waals surface area contributed by atoms with E-state index < -0.39 is 11.3 Å². The Morgan fingerprint density at radius 2 is 2.12 bits per heavy atom. The highest BCUT2D eigenvalue weighted by Crippen LogP contribution is 2.24. The van der Waals surface area contributed by atoms with Gasteiger partial charge in [-0.2, -0.15) is 5.10 Å². The number of amides is 2. The Labute approximate surface area is 143 Å². The zero-order chi connectivity index (χ0) is 18.1. The largest absolute Gasteiger partial charge is 0.503 e. The molecular formula is C16H19N5O4. The molecule has 1 atom stereocenters. The highest BCUT2D eigenvalue weighted by Gasteiger charge is 2.35. The fourth-order valence-electron chi connectivity index (χ4n) is 2.84. The van der Waals surface area contributed by atoms with Crippen LogP contribution in [0.4, 0.5) is 5.69 Å². The second-order valence-electron chi connectivity index (χ2n) is 6.12. The lowest BCUT2D eigenvalue weighted by Crippen LogP contribution is -2.33. The predicted octanol–water partition coefficient (Wildman–Crippen LogP) is -0.506. The Kier molecular flexibility index (Phi) is 4.30. The minimum atomic E-state index is -0.499. The monoisotopic (exact) mass is 345 g/mol. The van der Waals surface area contributed by atoms with Gasteiger partial charge in [0.2, 0.25) is 17.2 Å². The molecule has 1 fully saturated rings. The quantitative estimate of drug-likeness (QED) is 0.776. The molecule has 1 aliphatic heterocycles. The van der Waals surface area contributed by atoms with Crippen LogP contribution in [0.25, 0.3) is 0 Å². The molecule has 2 aromatic rings. The molecule has 1 aliphatic rings. The van der Waals surface area contributed by atoms with Gasteiger partial charge in [-0.05, 0) is 0 Å². The van der Waals surface area contributed by atoms with Gasteiger partial charge in [0, 0.05) is 51.2 Å². The van der Waals surface area contributed by atoms with Crippen molar-refractivity contribution in [1.82, 2.24) is 19.7 Å². The lowest BCUT2D eigenvalue weighted by molar-refractivity contribution is -0.126. The zero-order valence-corrected chi connectivity index (χ0v) is 14.0. The number of rotatable bonds is 4. The summed E-state index contributed by atoms with van der Waals surface area (Å²) in [5, 5.41) is 16.2. The highest BCUT2D eigenvalue weighted by molar-refractivity contribution is 6.00. The molecule has 9 nitrogen and oxygen atoms in total. The van der Waals surface area contributed by atoms with Crippen molar-refractivity contribution in [1.29, 1.82) is 0 Å². The number of nitrogens with one attached hydrogen (secondary N) is 1. The van der Waals surface area contributed by atoms with E-state index in [1.807, 2.05) is 0 Å². The van der Waals surface area contributed by atoms with Gasteiger partial charge in [0.15, 0.2) is 5.75 Å². The molecule has 1 unspecified atom stereocenters.